The van der Waals surface area contributed by atoms with Crippen LogP contribution in [-0.4, -0.2) is 61.6 Å². The molecule has 2 atom stereocenters. The molecule has 11 heteroatoms. The summed E-state index contributed by atoms with van der Waals surface area (Å²) in [5, 5.41) is 17.7. The number of piperazine rings is 1. The number of hydrogen-bond acceptors (Lipinski definition) is 7. The van der Waals surface area contributed by atoms with Crippen LogP contribution in [0.15, 0.2) is 30.5 Å². The lowest BCUT2D eigenvalue weighted by atomic mass is 9.92. The number of anilines is 1. The topological polar surface area (TPSA) is 87.8 Å². The van der Waals surface area contributed by atoms with Crippen molar-refractivity contribution < 1.29 is 23.0 Å². The van der Waals surface area contributed by atoms with Gasteiger partial charge in [-0.1, -0.05) is 0 Å². The third-order valence-electron chi connectivity index (χ3n) is 5.58. The second kappa shape index (κ2) is 6.79. The fourth-order valence-corrected chi connectivity index (χ4v) is 3.80. The highest BCUT2D eigenvalue weighted by molar-refractivity contribution is 5.66. The summed E-state index contributed by atoms with van der Waals surface area (Å²) in [4.78, 5) is 10.5. The van der Waals surface area contributed by atoms with E-state index in [4.69, 9.17) is 4.74 Å². The zero-order valence-electron chi connectivity index (χ0n) is 16.9. The first-order valence-electron chi connectivity index (χ1n) is 9.93. The first-order valence-corrected chi connectivity index (χ1v) is 9.93. The van der Waals surface area contributed by atoms with Crippen molar-refractivity contribution in [2.75, 3.05) is 18.0 Å². The fourth-order valence-electron chi connectivity index (χ4n) is 3.80. The average Bonchev–Trinajstić information content (AvgIpc) is 3.14. The molecule has 0 spiro atoms. The number of aromatic nitrogens is 4. The summed E-state index contributed by atoms with van der Waals surface area (Å²) in [6.45, 7) is 3.33. The number of alkyl halides is 2. The summed E-state index contributed by atoms with van der Waals surface area (Å²) in [6.07, 6.45) is -1.72. The van der Waals surface area contributed by atoms with E-state index < -0.39 is 17.5 Å². The van der Waals surface area contributed by atoms with Crippen LogP contribution >= 0.6 is 0 Å². The number of aliphatic hydroxyl groups is 1. The predicted octanol–water partition coefficient (Wildman–Crippen LogP) is 2.22. The summed E-state index contributed by atoms with van der Waals surface area (Å²) in [5.74, 6) is -0.358. The number of ether oxygens (including phenoxy) is 1. The Bertz CT molecular complexity index is 1110. The minimum Gasteiger partial charge on any atom is -0.426 e. The van der Waals surface area contributed by atoms with Gasteiger partial charge in [-0.25, -0.2) is 8.91 Å². The maximum atomic E-state index is 14.4. The molecule has 8 nitrogen and oxygen atoms in total. The van der Waals surface area contributed by atoms with Gasteiger partial charge in [-0.05, 0) is 44.5 Å². The maximum Gasteiger partial charge on any atom is 0.426 e. The quantitative estimate of drug-likeness (QED) is 0.637. The van der Waals surface area contributed by atoms with Crippen LogP contribution in [0.3, 0.4) is 0 Å². The van der Waals surface area contributed by atoms with Gasteiger partial charge in [0.05, 0.1) is 17.6 Å². The van der Waals surface area contributed by atoms with E-state index in [-0.39, 0.29) is 11.4 Å². The van der Waals surface area contributed by atoms with Crippen molar-refractivity contribution in [3.63, 3.8) is 0 Å². The Morgan fingerprint density at radius 2 is 1.87 bits per heavy atom. The Balaban J connectivity index is 1.61. The zero-order chi connectivity index (χ0) is 22.0. The van der Waals surface area contributed by atoms with Gasteiger partial charge in [-0.2, -0.15) is 13.8 Å². The lowest BCUT2D eigenvalue weighted by Gasteiger charge is -2.47. The van der Waals surface area contributed by atoms with Crippen LogP contribution < -0.4 is 15.0 Å². The van der Waals surface area contributed by atoms with Crippen molar-refractivity contribution in [1.29, 1.82) is 0 Å². The monoisotopic (exact) mass is 434 g/mol. The van der Waals surface area contributed by atoms with Crippen LogP contribution in [0.1, 0.15) is 20.3 Å². The van der Waals surface area contributed by atoms with Crippen LogP contribution in [-0.2, 0) is 0 Å². The second-order valence-electron chi connectivity index (χ2n) is 8.47. The van der Waals surface area contributed by atoms with Gasteiger partial charge < -0.3 is 20.1 Å². The molecule has 2 N–H and O–H groups in total. The summed E-state index contributed by atoms with van der Waals surface area (Å²) in [7, 11) is 0. The third-order valence-corrected chi connectivity index (χ3v) is 5.58. The van der Waals surface area contributed by atoms with Gasteiger partial charge in [-0.3, -0.25) is 4.98 Å². The highest BCUT2D eigenvalue weighted by atomic mass is 19.3. The number of halogens is 3. The molecule has 164 valence electrons. The number of pyridine rings is 2. The molecule has 0 saturated carbocycles. The molecule has 0 radical (unpaired) electrons. The van der Waals surface area contributed by atoms with Crippen molar-refractivity contribution in [2.45, 2.75) is 44.1 Å². The lowest BCUT2D eigenvalue weighted by Crippen LogP contribution is -2.67. The number of fused-ring (bicyclic) bond motifs is 3. The van der Waals surface area contributed by atoms with Crippen LogP contribution in [0.4, 0.5) is 19.1 Å². The largest absolute Gasteiger partial charge is 0.426 e. The number of piperidine rings is 1. The van der Waals surface area contributed by atoms with Crippen LogP contribution in [0.5, 0.6) is 5.75 Å². The van der Waals surface area contributed by atoms with E-state index in [0.29, 0.717) is 42.5 Å². The molecule has 0 aromatic carbocycles. The van der Waals surface area contributed by atoms with Gasteiger partial charge >= 0.3 is 6.11 Å². The first-order chi connectivity index (χ1) is 14.6. The Labute approximate surface area is 175 Å². The molecule has 3 aliphatic rings. The highest BCUT2D eigenvalue weighted by Gasteiger charge is 2.49. The molecule has 3 aromatic rings. The maximum absolute atomic E-state index is 14.4. The second-order valence-corrected chi connectivity index (χ2v) is 8.47. The van der Waals surface area contributed by atoms with E-state index in [1.807, 2.05) is 4.90 Å². The van der Waals surface area contributed by atoms with Crippen molar-refractivity contribution in [1.82, 2.24) is 24.9 Å². The van der Waals surface area contributed by atoms with Gasteiger partial charge in [0.1, 0.15) is 5.82 Å². The molecular weight excluding hydrogens is 413 g/mol. The van der Waals surface area contributed by atoms with Gasteiger partial charge in [0.25, 0.3) is 0 Å². The third kappa shape index (κ3) is 3.47. The molecule has 3 fully saturated rings. The van der Waals surface area contributed by atoms with Crippen molar-refractivity contribution >= 4 is 11.6 Å². The summed E-state index contributed by atoms with van der Waals surface area (Å²) in [5.41, 5.74) is -1.53. The number of nitrogens with one attached hydrogen (secondary N) is 1. The van der Waals surface area contributed by atoms with Crippen LogP contribution in [0.2, 0.25) is 0 Å². The van der Waals surface area contributed by atoms with Gasteiger partial charge in [-0.15, -0.1) is 5.10 Å². The summed E-state index contributed by atoms with van der Waals surface area (Å²) >= 11 is 0. The van der Waals surface area contributed by atoms with E-state index in [2.05, 4.69) is 20.4 Å². The normalized spacial score (nSPS) is 21.3. The van der Waals surface area contributed by atoms with E-state index in [1.54, 1.807) is 0 Å². The van der Waals surface area contributed by atoms with Gasteiger partial charge in [0.15, 0.2) is 11.4 Å². The van der Waals surface area contributed by atoms with E-state index in [1.165, 1.54) is 28.8 Å². The zero-order valence-corrected chi connectivity index (χ0v) is 16.9. The van der Waals surface area contributed by atoms with Gasteiger partial charge in [0.2, 0.25) is 11.6 Å². The molecule has 3 aliphatic heterocycles. The molecule has 3 aromatic heterocycles. The molecule has 6 rings (SSSR count). The first kappa shape index (κ1) is 20.0. The smallest absolute Gasteiger partial charge is 0.426 e. The van der Waals surface area contributed by atoms with Crippen molar-refractivity contribution in [2.24, 2.45) is 0 Å². The average molecular weight is 434 g/mol. The lowest BCUT2D eigenvalue weighted by molar-refractivity contribution is -0.275. The number of nitrogens with zero attached hydrogens (tertiary/aromatic N) is 5. The van der Waals surface area contributed by atoms with Crippen LogP contribution in [0, 0.1) is 5.82 Å². The fraction of sp³-hybridized carbons (Fsp3) is 0.450. The van der Waals surface area contributed by atoms with E-state index in [9.17, 15) is 18.3 Å². The minimum absolute atomic E-state index is 0.0507. The Hall–Kier alpha value is -2.92. The minimum atomic E-state index is -3.87. The SMILES string of the molecule is CC(C)(O)C(F)(F)Oc1ccc(-c2ccc(F)cn2)n2nc(N3CC4CC(C3)N4)nc12. The standard InChI is InChI=1S/C20H21F3N6O2/c1-19(2,30)20(22,23)31-16-6-5-15(14-4-3-11(21)8-24-14)29-17(16)26-18(27-29)28-9-12-7-13(10-28)25-12/h3-6,8,12-13,25,30H,7,9-10H2,1-2H3. The van der Waals surface area contributed by atoms with Crippen molar-refractivity contribution in [3.8, 4) is 17.1 Å². The Morgan fingerprint density at radius 3 is 2.48 bits per heavy atom. The van der Waals surface area contributed by atoms with Crippen molar-refractivity contribution in [3.05, 3.63) is 36.3 Å². The Morgan fingerprint density at radius 1 is 1.16 bits per heavy atom. The molecule has 31 heavy (non-hydrogen) atoms. The molecule has 6 heterocycles. The Kier molecular flexibility index (Phi) is 4.38. The van der Waals surface area contributed by atoms with Crippen LogP contribution in [0.25, 0.3) is 17.0 Å². The predicted molar refractivity (Wildman–Crippen MR) is 106 cm³/mol. The molecule has 0 amide bonds. The molecule has 3 saturated heterocycles. The molecular formula is C20H21F3N6O2. The molecule has 2 unspecified atom stereocenters. The number of rotatable bonds is 5. The van der Waals surface area contributed by atoms with Gasteiger partial charge in [0, 0.05) is 25.2 Å². The highest BCUT2D eigenvalue weighted by Crippen LogP contribution is 2.35. The summed E-state index contributed by atoms with van der Waals surface area (Å²) < 4.78 is 48.4. The molecule has 0 aliphatic carbocycles. The van der Waals surface area contributed by atoms with E-state index >= 15 is 0 Å². The number of hydrogen-bond donors (Lipinski definition) is 2. The molecule has 2 bridgehead atoms. The van der Waals surface area contributed by atoms with E-state index in [0.717, 1.165) is 26.5 Å². The summed E-state index contributed by atoms with van der Waals surface area (Å²) in [6, 6.07) is 6.23.